The molecule has 1 aromatic heterocycles. The summed E-state index contributed by atoms with van der Waals surface area (Å²) >= 11 is 10.6. The number of rotatable bonds is 2. The fourth-order valence-electron chi connectivity index (χ4n) is 2.62. The number of hydrogen-bond acceptors (Lipinski definition) is 4. The fraction of sp³-hybridized carbons (Fsp3) is 0.188. The van der Waals surface area contributed by atoms with Gasteiger partial charge in [-0.1, -0.05) is 18.2 Å². The number of nitrogens with zero attached hydrogens (tertiary/aromatic N) is 3. The van der Waals surface area contributed by atoms with E-state index in [0.29, 0.717) is 5.02 Å². The Hall–Kier alpha value is -1.65. The lowest BCUT2D eigenvalue weighted by atomic mass is 9.98. The summed E-state index contributed by atoms with van der Waals surface area (Å²) in [6, 6.07) is 11.8. The van der Waals surface area contributed by atoms with Crippen LogP contribution in [-0.4, -0.2) is 11.0 Å². The molecule has 0 amide bonds. The van der Waals surface area contributed by atoms with E-state index < -0.39 is 0 Å². The highest BCUT2D eigenvalue weighted by Gasteiger charge is 2.29. The highest BCUT2D eigenvalue weighted by atomic mass is 35.5. The average Bonchev–Trinajstić information content (AvgIpc) is 2.48. The molecule has 3 nitrogen and oxygen atoms in total. The Morgan fingerprint density at radius 2 is 2.05 bits per heavy atom. The third kappa shape index (κ3) is 2.61. The number of thiol groups is 1. The minimum absolute atomic E-state index is 0.252. The van der Waals surface area contributed by atoms with Crippen LogP contribution in [0.4, 0.5) is 11.4 Å². The van der Waals surface area contributed by atoms with Gasteiger partial charge in [-0.25, -0.2) is 4.41 Å². The molecule has 1 unspecified atom stereocenters. The second-order valence-electron chi connectivity index (χ2n) is 5.14. The number of pyridine rings is 1. The molecule has 5 heteroatoms. The van der Waals surface area contributed by atoms with Crippen LogP contribution in [0.3, 0.4) is 0 Å². The van der Waals surface area contributed by atoms with Gasteiger partial charge in [0.05, 0.1) is 23.1 Å². The second kappa shape index (κ2) is 5.62. The highest BCUT2D eigenvalue weighted by molar-refractivity contribution is 7.81. The van der Waals surface area contributed by atoms with E-state index in [1.54, 1.807) is 6.20 Å². The lowest BCUT2D eigenvalue weighted by Crippen LogP contribution is -2.46. The molecule has 1 aliphatic rings. The summed E-state index contributed by atoms with van der Waals surface area (Å²) in [6.07, 6.45) is 2.65. The Morgan fingerprint density at radius 3 is 2.76 bits per heavy atom. The Kier molecular flexibility index (Phi) is 3.83. The molecular weight excluding hydrogens is 302 g/mol. The number of hydrazine groups is 1. The molecule has 1 aromatic carbocycles. The van der Waals surface area contributed by atoms with Gasteiger partial charge >= 0.3 is 0 Å². The summed E-state index contributed by atoms with van der Waals surface area (Å²) in [7, 11) is 0. The van der Waals surface area contributed by atoms with E-state index in [0.717, 1.165) is 29.1 Å². The first kappa shape index (κ1) is 14.3. The molecule has 2 aromatic rings. The smallest absolute Gasteiger partial charge is 0.0908 e. The molecule has 0 saturated heterocycles. The van der Waals surface area contributed by atoms with Crippen LogP contribution in [-0.2, 0) is 0 Å². The monoisotopic (exact) mass is 317 g/mol. The van der Waals surface area contributed by atoms with Gasteiger partial charge in [-0.05, 0) is 68.1 Å². The molecule has 3 rings (SSSR count). The Bertz CT molecular complexity index is 671. The quantitative estimate of drug-likeness (QED) is 0.816. The third-order valence-corrected chi connectivity index (χ3v) is 4.26. The van der Waals surface area contributed by atoms with Gasteiger partial charge in [0.25, 0.3) is 0 Å². The van der Waals surface area contributed by atoms with Crippen LogP contribution in [0, 0.1) is 0 Å². The van der Waals surface area contributed by atoms with Crippen molar-refractivity contribution in [3.05, 3.63) is 59.9 Å². The van der Waals surface area contributed by atoms with Crippen LogP contribution in [0.2, 0.25) is 5.02 Å². The number of benzene rings is 1. The first-order valence-electron chi connectivity index (χ1n) is 6.75. The number of fused-ring (bicyclic) bond motifs is 1. The van der Waals surface area contributed by atoms with E-state index in [4.69, 9.17) is 11.6 Å². The first-order valence-corrected chi connectivity index (χ1v) is 7.52. The van der Waals surface area contributed by atoms with E-state index in [1.165, 1.54) is 0 Å². The maximum absolute atomic E-state index is 5.95. The predicted octanol–water partition coefficient (Wildman–Crippen LogP) is 4.61. The van der Waals surface area contributed by atoms with Crippen LogP contribution in [0.25, 0.3) is 5.57 Å². The lowest BCUT2D eigenvalue weighted by Gasteiger charge is -2.42. The molecule has 1 aliphatic heterocycles. The van der Waals surface area contributed by atoms with Gasteiger partial charge in [-0.2, -0.15) is 0 Å². The maximum atomic E-state index is 5.95. The minimum atomic E-state index is 0.252. The van der Waals surface area contributed by atoms with Crippen molar-refractivity contribution in [3.63, 3.8) is 0 Å². The average molecular weight is 318 g/mol. The molecular formula is C16H16ClN3S. The topological polar surface area (TPSA) is 19.4 Å². The van der Waals surface area contributed by atoms with Gasteiger partial charge in [0.2, 0.25) is 0 Å². The fourth-order valence-corrected chi connectivity index (χ4v) is 3.15. The summed E-state index contributed by atoms with van der Waals surface area (Å²) in [6.45, 7) is 6.29. The van der Waals surface area contributed by atoms with E-state index in [9.17, 15) is 0 Å². The zero-order valence-corrected chi connectivity index (χ0v) is 13.4. The number of hydrogen-bond donors (Lipinski definition) is 1. The largest absolute Gasteiger partial charge is 0.270 e. The van der Waals surface area contributed by atoms with Crippen molar-refractivity contribution in [2.75, 3.05) is 9.42 Å². The number of halogens is 1. The van der Waals surface area contributed by atoms with Crippen molar-refractivity contribution >= 4 is 41.4 Å². The van der Waals surface area contributed by atoms with Crippen LogP contribution in [0.1, 0.15) is 19.0 Å². The van der Waals surface area contributed by atoms with Crippen molar-refractivity contribution in [2.45, 2.75) is 19.4 Å². The standard InChI is InChI=1S/C16H16ClN3S/c1-11-10-12(2)19(15-4-3-9-18-16(11)15)20(21)14-7-5-13(17)6-8-14/h3-9,12,21H,1,10H2,2H3. The zero-order chi connectivity index (χ0) is 15.0. The molecule has 0 N–H and O–H groups in total. The van der Waals surface area contributed by atoms with Crippen molar-refractivity contribution < 1.29 is 0 Å². The molecule has 0 bridgehead atoms. The normalized spacial score (nSPS) is 17.6. The summed E-state index contributed by atoms with van der Waals surface area (Å²) < 4.78 is 1.84. The van der Waals surface area contributed by atoms with Gasteiger partial charge < -0.3 is 0 Å². The Balaban J connectivity index is 2.02. The molecule has 108 valence electrons. The molecule has 0 fully saturated rings. The van der Waals surface area contributed by atoms with Crippen molar-refractivity contribution in [1.82, 2.24) is 4.98 Å². The van der Waals surface area contributed by atoms with Crippen molar-refractivity contribution in [3.8, 4) is 0 Å². The van der Waals surface area contributed by atoms with E-state index in [-0.39, 0.29) is 6.04 Å². The lowest BCUT2D eigenvalue weighted by molar-refractivity contribution is 0.656. The van der Waals surface area contributed by atoms with Crippen LogP contribution in [0.15, 0.2) is 49.2 Å². The Morgan fingerprint density at radius 1 is 1.33 bits per heavy atom. The summed E-state index contributed by atoms with van der Waals surface area (Å²) in [5.41, 5.74) is 3.97. The summed E-state index contributed by atoms with van der Waals surface area (Å²) in [5, 5.41) is 2.84. The van der Waals surface area contributed by atoms with E-state index in [1.807, 2.05) is 40.8 Å². The summed E-state index contributed by atoms with van der Waals surface area (Å²) in [4.78, 5) is 4.45. The zero-order valence-electron chi connectivity index (χ0n) is 11.7. The van der Waals surface area contributed by atoms with Gasteiger partial charge in [-0.3, -0.25) is 9.99 Å². The molecule has 1 atom stereocenters. The van der Waals surface area contributed by atoms with Gasteiger partial charge in [0, 0.05) is 11.2 Å². The van der Waals surface area contributed by atoms with Crippen LogP contribution in [0.5, 0.6) is 0 Å². The molecule has 2 heterocycles. The first-order chi connectivity index (χ1) is 10.1. The Labute approximate surface area is 135 Å². The van der Waals surface area contributed by atoms with Gasteiger partial charge in [0.15, 0.2) is 0 Å². The number of anilines is 2. The van der Waals surface area contributed by atoms with Gasteiger partial charge in [-0.15, -0.1) is 0 Å². The van der Waals surface area contributed by atoms with Crippen molar-refractivity contribution in [1.29, 1.82) is 0 Å². The van der Waals surface area contributed by atoms with Crippen LogP contribution < -0.4 is 9.42 Å². The molecule has 21 heavy (non-hydrogen) atoms. The third-order valence-electron chi connectivity index (χ3n) is 3.59. The maximum Gasteiger partial charge on any atom is 0.0908 e. The highest BCUT2D eigenvalue weighted by Crippen LogP contribution is 2.38. The SMILES string of the molecule is C=C1CC(C)N(N(S)c2ccc(Cl)cc2)c2cccnc21. The molecule has 0 saturated carbocycles. The summed E-state index contributed by atoms with van der Waals surface area (Å²) in [5.74, 6) is 0. The van der Waals surface area contributed by atoms with Crippen molar-refractivity contribution in [2.24, 2.45) is 0 Å². The number of aromatic nitrogens is 1. The molecule has 0 aliphatic carbocycles. The van der Waals surface area contributed by atoms with Gasteiger partial charge in [0.1, 0.15) is 0 Å². The molecule has 0 radical (unpaired) electrons. The molecule has 0 spiro atoms. The predicted molar refractivity (Wildman–Crippen MR) is 92.7 cm³/mol. The van der Waals surface area contributed by atoms with Crippen LogP contribution >= 0.6 is 24.4 Å². The van der Waals surface area contributed by atoms with E-state index >= 15 is 0 Å². The minimum Gasteiger partial charge on any atom is -0.270 e. The second-order valence-corrected chi connectivity index (χ2v) is 5.95. The van der Waals surface area contributed by atoms with E-state index in [2.05, 4.69) is 36.3 Å².